The van der Waals surface area contributed by atoms with Crippen LogP contribution >= 0.6 is 0 Å². The standard InChI is InChI=1S/C51H33N3/c1-2-12-33(13-3-1)51-41-19-5-4-14-38(41)32-48(53-51)39-17-10-15-34(28-39)35-16-11-18-40(29-35)54-49-23-9-7-21-43(49)45-31-37(25-27-50(45)54)36-24-26-47-44(30-36)42-20-6-8-22-46(42)52-47/h1-32,52H. The van der Waals surface area contributed by atoms with Gasteiger partial charge in [-0.2, -0.15) is 0 Å². The fourth-order valence-corrected chi connectivity index (χ4v) is 8.30. The van der Waals surface area contributed by atoms with Crippen molar-refractivity contribution in [1.29, 1.82) is 0 Å². The molecule has 0 radical (unpaired) electrons. The Morgan fingerprint density at radius 1 is 0.352 bits per heavy atom. The third kappa shape index (κ3) is 4.94. The summed E-state index contributed by atoms with van der Waals surface area (Å²) in [7, 11) is 0. The lowest BCUT2D eigenvalue weighted by Gasteiger charge is -2.13. The SMILES string of the molecule is c1ccc(-c2nc(-c3cccc(-c4cccc(-n5c6ccccc6c6cc(-c7ccc8[nH]c9ccccc9c8c7)ccc65)c4)c3)cc3ccccc23)cc1. The molecule has 0 bridgehead atoms. The minimum atomic E-state index is 0.965. The van der Waals surface area contributed by atoms with E-state index in [1.807, 2.05) is 0 Å². The van der Waals surface area contributed by atoms with Crippen LogP contribution in [0, 0.1) is 0 Å². The monoisotopic (exact) mass is 687 g/mol. The highest BCUT2D eigenvalue weighted by molar-refractivity contribution is 6.12. The maximum absolute atomic E-state index is 5.25. The molecule has 54 heavy (non-hydrogen) atoms. The van der Waals surface area contributed by atoms with Crippen molar-refractivity contribution in [3.8, 4) is 50.5 Å². The van der Waals surface area contributed by atoms with Crippen LogP contribution in [0.5, 0.6) is 0 Å². The third-order valence-corrected chi connectivity index (χ3v) is 10.9. The normalized spacial score (nSPS) is 11.7. The summed E-state index contributed by atoms with van der Waals surface area (Å²) in [4.78, 5) is 8.82. The molecule has 0 aliphatic carbocycles. The van der Waals surface area contributed by atoms with Gasteiger partial charge >= 0.3 is 0 Å². The maximum atomic E-state index is 5.25. The van der Waals surface area contributed by atoms with Crippen molar-refractivity contribution in [1.82, 2.24) is 14.5 Å². The van der Waals surface area contributed by atoms with Gasteiger partial charge in [-0.25, -0.2) is 4.98 Å². The molecule has 0 aliphatic rings. The largest absolute Gasteiger partial charge is 0.355 e. The van der Waals surface area contributed by atoms with Crippen LogP contribution in [-0.4, -0.2) is 14.5 Å². The Bertz CT molecular complexity index is 3220. The first kappa shape index (κ1) is 30.4. The second-order valence-electron chi connectivity index (χ2n) is 14.1. The maximum Gasteiger partial charge on any atom is 0.0787 e. The fraction of sp³-hybridized carbons (Fsp3) is 0. The minimum absolute atomic E-state index is 0.965. The molecular weight excluding hydrogens is 655 g/mol. The second-order valence-corrected chi connectivity index (χ2v) is 14.1. The number of aromatic nitrogens is 3. The molecule has 11 aromatic rings. The minimum Gasteiger partial charge on any atom is -0.355 e. The molecule has 252 valence electrons. The van der Waals surface area contributed by atoms with E-state index in [1.54, 1.807) is 0 Å². The quantitative estimate of drug-likeness (QED) is 0.192. The predicted molar refractivity (Wildman–Crippen MR) is 227 cm³/mol. The van der Waals surface area contributed by atoms with E-state index in [1.165, 1.54) is 54.6 Å². The van der Waals surface area contributed by atoms with Gasteiger partial charge in [0.05, 0.1) is 22.4 Å². The van der Waals surface area contributed by atoms with E-state index in [-0.39, 0.29) is 0 Å². The van der Waals surface area contributed by atoms with E-state index < -0.39 is 0 Å². The molecule has 0 aliphatic heterocycles. The molecule has 3 heteroatoms. The van der Waals surface area contributed by atoms with Crippen molar-refractivity contribution >= 4 is 54.4 Å². The number of nitrogens with zero attached hydrogens (tertiary/aromatic N) is 2. The van der Waals surface area contributed by atoms with Crippen molar-refractivity contribution in [2.24, 2.45) is 0 Å². The first-order chi connectivity index (χ1) is 26.7. The average molecular weight is 688 g/mol. The van der Waals surface area contributed by atoms with Gasteiger partial charge in [0.2, 0.25) is 0 Å². The lowest BCUT2D eigenvalue weighted by atomic mass is 9.98. The van der Waals surface area contributed by atoms with Crippen molar-refractivity contribution in [2.75, 3.05) is 0 Å². The summed E-state index contributed by atoms with van der Waals surface area (Å²) in [5.41, 5.74) is 14.8. The molecule has 0 saturated heterocycles. The zero-order chi connectivity index (χ0) is 35.6. The Morgan fingerprint density at radius 3 is 1.85 bits per heavy atom. The van der Waals surface area contributed by atoms with Crippen LogP contribution in [0.4, 0.5) is 0 Å². The van der Waals surface area contributed by atoms with Gasteiger partial charge in [-0.3, -0.25) is 0 Å². The van der Waals surface area contributed by atoms with E-state index in [4.69, 9.17) is 4.98 Å². The highest BCUT2D eigenvalue weighted by atomic mass is 15.0. The molecule has 3 aromatic heterocycles. The van der Waals surface area contributed by atoms with Crippen molar-refractivity contribution in [3.63, 3.8) is 0 Å². The van der Waals surface area contributed by atoms with Crippen LogP contribution < -0.4 is 0 Å². The summed E-state index contributed by atoms with van der Waals surface area (Å²) in [5.74, 6) is 0. The molecular formula is C51H33N3. The first-order valence-corrected chi connectivity index (χ1v) is 18.5. The predicted octanol–water partition coefficient (Wildman–Crippen LogP) is 13.6. The smallest absolute Gasteiger partial charge is 0.0787 e. The molecule has 11 rings (SSSR count). The fourth-order valence-electron chi connectivity index (χ4n) is 8.30. The van der Waals surface area contributed by atoms with Gasteiger partial charge in [0, 0.05) is 54.8 Å². The zero-order valence-corrected chi connectivity index (χ0v) is 29.4. The van der Waals surface area contributed by atoms with Gasteiger partial charge < -0.3 is 9.55 Å². The van der Waals surface area contributed by atoms with Crippen LogP contribution in [0.1, 0.15) is 0 Å². The van der Waals surface area contributed by atoms with E-state index in [9.17, 15) is 0 Å². The summed E-state index contributed by atoms with van der Waals surface area (Å²) in [6.07, 6.45) is 0. The summed E-state index contributed by atoms with van der Waals surface area (Å²) in [6, 6.07) is 69.9. The number of para-hydroxylation sites is 2. The van der Waals surface area contributed by atoms with Gasteiger partial charge in [0.25, 0.3) is 0 Å². The number of benzene rings is 8. The molecule has 3 nitrogen and oxygen atoms in total. The Hall–Kier alpha value is -7.23. The number of rotatable bonds is 5. The number of fused-ring (bicyclic) bond motifs is 7. The highest BCUT2D eigenvalue weighted by Gasteiger charge is 2.16. The molecule has 0 fully saturated rings. The van der Waals surface area contributed by atoms with Crippen LogP contribution in [0.2, 0.25) is 0 Å². The number of aromatic amines is 1. The Morgan fingerprint density at radius 2 is 0.963 bits per heavy atom. The molecule has 0 saturated carbocycles. The van der Waals surface area contributed by atoms with Crippen molar-refractivity contribution in [3.05, 3.63) is 194 Å². The Kier molecular flexibility index (Phi) is 6.86. The topological polar surface area (TPSA) is 33.6 Å². The van der Waals surface area contributed by atoms with Gasteiger partial charge in [0.1, 0.15) is 0 Å². The Labute approximate surface area is 312 Å². The summed E-state index contributed by atoms with van der Waals surface area (Å²) in [5, 5.41) is 7.33. The lowest BCUT2D eigenvalue weighted by molar-refractivity contribution is 1.18. The molecule has 0 amide bonds. The van der Waals surface area contributed by atoms with Gasteiger partial charge in [-0.15, -0.1) is 0 Å². The molecule has 0 unspecified atom stereocenters. The number of hydrogen-bond donors (Lipinski definition) is 1. The van der Waals surface area contributed by atoms with Crippen molar-refractivity contribution in [2.45, 2.75) is 0 Å². The molecule has 3 heterocycles. The average Bonchev–Trinajstić information content (AvgIpc) is 3.79. The van der Waals surface area contributed by atoms with E-state index in [2.05, 4.69) is 204 Å². The number of pyridine rings is 1. The van der Waals surface area contributed by atoms with E-state index >= 15 is 0 Å². The highest BCUT2D eigenvalue weighted by Crippen LogP contribution is 2.38. The number of nitrogens with one attached hydrogen (secondary N) is 1. The van der Waals surface area contributed by atoms with E-state index in [0.29, 0.717) is 0 Å². The number of hydrogen-bond acceptors (Lipinski definition) is 1. The molecule has 8 aromatic carbocycles. The van der Waals surface area contributed by atoms with Crippen LogP contribution in [0.15, 0.2) is 194 Å². The van der Waals surface area contributed by atoms with Crippen LogP contribution in [0.25, 0.3) is 105 Å². The number of H-pyrrole nitrogens is 1. The zero-order valence-electron chi connectivity index (χ0n) is 29.4. The van der Waals surface area contributed by atoms with Gasteiger partial charge in [-0.05, 0) is 88.3 Å². The summed E-state index contributed by atoms with van der Waals surface area (Å²) >= 11 is 0. The van der Waals surface area contributed by atoms with Gasteiger partial charge in [-0.1, -0.05) is 133 Å². The summed E-state index contributed by atoms with van der Waals surface area (Å²) < 4.78 is 2.40. The third-order valence-electron chi connectivity index (χ3n) is 10.9. The van der Waals surface area contributed by atoms with Crippen LogP contribution in [-0.2, 0) is 0 Å². The molecule has 0 atom stereocenters. The molecule has 1 N–H and O–H groups in total. The summed E-state index contributed by atoms with van der Waals surface area (Å²) in [6.45, 7) is 0. The Balaban J connectivity index is 1.01. The first-order valence-electron chi connectivity index (χ1n) is 18.5. The van der Waals surface area contributed by atoms with Crippen molar-refractivity contribution < 1.29 is 0 Å². The van der Waals surface area contributed by atoms with Crippen LogP contribution in [0.3, 0.4) is 0 Å². The molecule has 0 spiro atoms. The lowest BCUT2D eigenvalue weighted by Crippen LogP contribution is -1.94. The van der Waals surface area contributed by atoms with E-state index in [0.717, 1.165) is 50.2 Å². The van der Waals surface area contributed by atoms with Gasteiger partial charge in [0.15, 0.2) is 0 Å². The second kappa shape index (κ2) is 12.2.